The average Bonchev–Trinajstić information content (AvgIpc) is 2.05. The van der Waals surface area contributed by atoms with Gasteiger partial charge >= 0.3 is 5.97 Å². The molecule has 2 aliphatic rings. The minimum absolute atomic E-state index is 0.0215. The fourth-order valence-electron chi connectivity index (χ4n) is 3.12. The summed E-state index contributed by atoms with van der Waals surface area (Å²) < 4.78 is 5.25. The van der Waals surface area contributed by atoms with Crippen molar-refractivity contribution < 1.29 is 14.3 Å². The quantitative estimate of drug-likeness (QED) is 0.621. The lowest BCUT2D eigenvalue weighted by molar-refractivity contribution is -0.181. The van der Waals surface area contributed by atoms with E-state index in [2.05, 4.69) is 13.8 Å². The van der Waals surface area contributed by atoms with Crippen molar-refractivity contribution in [3.8, 4) is 0 Å². The van der Waals surface area contributed by atoms with E-state index in [1.807, 2.05) is 0 Å². The monoisotopic (exact) mass is 210 g/mol. The van der Waals surface area contributed by atoms with Crippen molar-refractivity contribution in [2.24, 2.45) is 17.3 Å². The van der Waals surface area contributed by atoms with Crippen LogP contribution in [0.15, 0.2) is 0 Å². The summed E-state index contributed by atoms with van der Waals surface area (Å²) in [5, 5.41) is 0. The maximum Gasteiger partial charge on any atom is 0.302 e. The van der Waals surface area contributed by atoms with E-state index < -0.39 is 0 Å². The van der Waals surface area contributed by atoms with Crippen LogP contribution in [0, 0.1) is 17.3 Å². The van der Waals surface area contributed by atoms with Crippen LogP contribution in [0.5, 0.6) is 0 Å². The Bertz CT molecular complexity index is 306. The van der Waals surface area contributed by atoms with Crippen LogP contribution in [0.4, 0.5) is 0 Å². The van der Waals surface area contributed by atoms with Gasteiger partial charge in [-0.2, -0.15) is 0 Å². The lowest BCUT2D eigenvalue weighted by Crippen LogP contribution is -2.57. The Labute approximate surface area is 90.2 Å². The van der Waals surface area contributed by atoms with E-state index in [-0.39, 0.29) is 29.3 Å². The number of carbonyl (C=O) groups is 2. The van der Waals surface area contributed by atoms with Crippen LogP contribution in [0.2, 0.25) is 0 Å². The Morgan fingerprint density at radius 1 is 1.47 bits per heavy atom. The molecule has 0 bridgehead atoms. The number of fused-ring (bicyclic) bond motifs is 1. The highest BCUT2D eigenvalue weighted by Gasteiger charge is 2.56. The summed E-state index contributed by atoms with van der Waals surface area (Å²) in [5.74, 6) is 0.538. The first-order chi connectivity index (χ1) is 6.92. The first-order valence-electron chi connectivity index (χ1n) is 5.62. The Kier molecular flexibility index (Phi) is 2.36. The van der Waals surface area contributed by atoms with Gasteiger partial charge in [0.2, 0.25) is 0 Å². The normalized spacial score (nSPS) is 37.8. The molecule has 3 atom stereocenters. The highest BCUT2D eigenvalue weighted by molar-refractivity contribution is 5.83. The van der Waals surface area contributed by atoms with Crippen molar-refractivity contribution in [2.45, 2.75) is 46.1 Å². The van der Waals surface area contributed by atoms with Gasteiger partial charge in [0.15, 0.2) is 0 Å². The molecule has 0 aromatic carbocycles. The highest BCUT2D eigenvalue weighted by Crippen LogP contribution is 2.54. The van der Waals surface area contributed by atoms with Gasteiger partial charge in [-0.1, -0.05) is 13.8 Å². The third kappa shape index (κ3) is 1.68. The number of esters is 1. The molecule has 2 fully saturated rings. The van der Waals surface area contributed by atoms with E-state index in [0.29, 0.717) is 12.2 Å². The third-order valence-electron chi connectivity index (χ3n) is 3.97. The summed E-state index contributed by atoms with van der Waals surface area (Å²) in [5.41, 5.74) is 0.136. The molecule has 0 heterocycles. The number of rotatable bonds is 1. The highest BCUT2D eigenvalue weighted by atomic mass is 16.5. The molecule has 2 saturated carbocycles. The zero-order chi connectivity index (χ0) is 11.2. The van der Waals surface area contributed by atoms with Gasteiger partial charge in [0.05, 0.1) is 0 Å². The minimum Gasteiger partial charge on any atom is -0.462 e. The lowest BCUT2D eigenvalue weighted by Gasteiger charge is -2.54. The van der Waals surface area contributed by atoms with Crippen molar-refractivity contribution in [2.75, 3.05) is 0 Å². The molecule has 2 aliphatic carbocycles. The van der Waals surface area contributed by atoms with Gasteiger partial charge in [-0.25, -0.2) is 0 Å². The molecule has 0 aliphatic heterocycles. The zero-order valence-electron chi connectivity index (χ0n) is 9.58. The summed E-state index contributed by atoms with van der Waals surface area (Å²) >= 11 is 0. The van der Waals surface area contributed by atoms with Crippen LogP contribution < -0.4 is 0 Å². The van der Waals surface area contributed by atoms with Crippen molar-refractivity contribution in [3.05, 3.63) is 0 Å². The van der Waals surface area contributed by atoms with E-state index in [1.54, 1.807) is 0 Å². The minimum atomic E-state index is -0.229. The number of hydrogen-bond donors (Lipinski definition) is 0. The molecule has 84 valence electrons. The first-order valence-corrected chi connectivity index (χ1v) is 5.62. The second-order valence-electron chi connectivity index (χ2n) is 5.47. The van der Waals surface area contributed by atoms with Gasteiger partial charge in [0.1, 0.15) is 11.9 Å². The third-order valence-corrected chi connectivity index (χ3v) is 3.97. The van der Waals surface area contributed by atoms with Gasteiger partial charge in [0, 0.05) is 25.2 Å². The second-order valence-corrected chi connectivity index (χ2v) is 5.47. The van der Waals surface area contributed by atoms with E-state index in [1.165, 1.54) is 6.92 Å². The molecule has 0 aromatic rings. The van der Waals surface area contributed by atoms with Crippen LogP contribution in [0.1, 0.15) is 40.0 Å². The van der Waals surface area contributed by atoms with Crippen LogP contribution in [-0.2, 0) is 14.3 Å². The Hall–Kier alpha value is -0.860. The molecule has 3 nitrogen and oxygen atoms in total. The predicted octanol–water partition coefficient (Wildman–Crippen LogP) is 1.94. The summed E-state index contributed by atoms with van der Waals surface area (Å²) in [6.07, 6.45) is 2.34. The van der Waals surface area contributed by atoms with Crippen molar-refractivity contribution in [3.63, 3.8) is 0 Å². The summed E-state index contributed by atoms with van der Waals surface area (Å²) in [6, 6.07) is 0. The van der Waals surface area contributed by atoms with Gasteiger partial charge < -0.3 is 4.74 Å². The van der Waals surface area contributed by atoms with Gasteiger partial charge in [0.25, 0.3) is 0 Å². The molecular formula is C12H18O3. The molecule has 0 spiro atoms. The lowest BCUT2D eigenvalue weighted by atomic mass is 9.52. The van der Waals surface area contributed by atoms with E-state index >= 15 is 0 Å². The van der Waals surface area contributed by atoms with Gasteiger partial charge in [-0.3, -0.25) is 9.59 Å². The standard InChI is InChI=1S/C12H18O3/c1-7(13)15-10-6-8-9(14)4-5-12(2,3)11(8)10/h8,10-11H,4-6H2,1-3H3. The molecule has 0 N–H and O–H groups in total. The summed E-state index contributed by atoms with van der Waals surface area (Å²) in [6.45, 7) is 5.78. The van der Waals surface area contributed by atoms with Crippen LogP contribution in [0.3, 0.4) is 0 Å². The molecule has 15 heavy (non-hydrogen) atoms. The Balaban J connectivity index is 2.10. The van der Waals surface area contributed by atoms with Crippen LogP contribution in [0.25, 0.3) is 0 Å². The Morgan fingerprint density at radius 3 is 2.73 bits per heavy atom. The largest absolute Gasteiger partial charge is 0.462 e. The van der Waals surface area contributed by atoms with Crippen molar-refractivity contribution in [1.82, 2.24) is 0 Å². The molecule has 0 aromatic heterocycles. The number of carbonyl (C=O) groups excluding carboxylic acids is 2. The molecule has 3 heteroatoms. The van der Waals surface area contributed by atoms with Crippen LogP contribution >= 0.6 is 0 Å². The van der Waals surface area contributed by atoms with E-state index in [0.717, 1.165) is 12.8 Å². The van der Waals surface area contributed by atoms with Gasteiger partial charge in [-0.05, 0) is 18.3 Å². The molecule has 2 rings (SSSR count). The molecule has 0 saturated heterocycles. The molecule has 0 amide bonds. The van der Waals surface area contributed by atoms with Crippen molar-refractivity contribution >= 4 is 11.8 Å². The smallest absolute Gasteiger partial charge is 0.302 e. The number of ketones is 1. The predicted molar refractivity (Wildman–Crippen MR) is 55.2 cm³/mol. The number of Topliss-reactive ketones (excluding diaryl/α,β-unsaturated/α-hetero) is 1. The summed E-state index contributed by atoms with van der Waals surface area (Å²) in [7, 11) is 0. The average molecular weight is 210 g/mol. The van der Waals surface area contributed by atoms with Crippen molar-refractivity contribution in [1.29, 1.82) is 0 Å². The maximum atomic E-state index is 11.6. The first kappa shape index (κ1) is 10.7. The van der Waals surface area contributed by atoms with E-state index in [9.17, 15) is 9.59 Å². The fraction of sp³-hybridized carbons (Fsp3) is 0.833. The topological polar surface area (TPSA) is 43.4 Å². The van der Waals surface area contributed by atoms with Gasteiger partial charge in [-0.15, -0.1) is 0 Å². The molecule has 3 unspecified atom stereocenters. The second kappa shape index (κ2) is 3.32. The molecule has 0 radical (unpaired) electrons. The number of ether oxygens (including phenoxy) is 1. The fourth-order valence-corrected chi connectivity index (χ4v) is 3.12. The Morgan fingerprint density at radius 2 is 2.13 bits per heavy atom. The zero-order valence-corrected chi connectivity index (χ0v) is 9.58. The summed E-state index contributed by atoms with van der Waals surface area (Å²) in [4.78, 5) is 22.5. The SMILES string of the molecule is CC(=O)OC1CC2C(=O)CCC(C)(C)C12. The number of hydrogen-bond acceptors (Lipinski definition) is 3. The van der Waals surface area contributed by atoms with E-state index in [4.69, 9.17) is 4.74 Å². The van der Waals surface area contributed by atoms with Crippen LogP contribution in [-0.4, -0.2) is 17.9 Å². The molecular weight excluding hydrogens is 192 g/mol. The maximum absolute atomic E-state index is 11.6.